The summed E-state index contributed by atoms with van der Waals surface area (Å²) in [6.45, 7) is 0. The Morgan fingerprint density at radius 3 is 2.68 bits per heavy atom. The van der Waals surface area contributed by atoms with Gasteiger partial charge in [0, 0.05) is 11.4 Å². The zero-order chi connectivity index (χ0) is 14.0. The Balaban J connectivity index is 2.44. The summed E-state index contributed by atoms with van der Waals surface area (Å²) in [6.07, 6.45) is 0. The number of hydrogen-bond donors (Lipinski definition) is 2. The molecule has 0 saturated heterocycles. The number of nitrogens with two attached hydrogens (primary N) is 1. The van der Waals surface area contributed by atoms with Crippen LogP contribution in [0.5, 0.6) is 0 Å². The van der Waals surface area contributed by atoms with E-state index in [2.05, 4.69) is 5.32 Å². The second-order valence-electron chi connectivity index (χ2n) is 3.79. The first kappa shape index (κ1) is 13.1. The zero-order valence-corrected chi connectivity index (χ0v) is 10.3. The molecular formula is C12H9ClFN3O2. The molecule has 5 nitrogen and oxygen atoms in total. The van der Waals surface area contributed by atoms with Crippen LogP contribution in [0.2, 0.25) is 5.02 Å². The number of nitrogen functional groups attached to an aromatic ring is 1. The van der Waals surface area contributed by atoms with Gasteiger partial charge in [0.15, 0.2) is 0 Å². The third-order valence-corrected chi connectivity index (χ3v) is 2.69. The minimum atomic E-state index is -0.841. The topological polar surface area (TPSA) is 81.2 Å². The number of nitro groups is 1. The van der Waals surface area contributed by atoms with Gasteiger partial charge in [0.25, 0.3) is 5.69 Å². The van der Waals surface area contributed by atoms with E-state index in [1.807, 2.05) is 0 Å². The van der Waals surface area contributed by atoms with E-state index in [0.717, 1.165) is 12.1 Å². The van der Waals surface area contributed by atoms with Crippen LogP contribution in [0.1, 0.15) is 0 Å². The lowest BCUT2D eigenvalue weighted by atomic mass is 10.2. The van der Waals surface area contributed by atoms with Crippen molar-refractivity contribution in [1.29, 1.82) is 0 Å². The van der Waals surface area contributed by atoms with E-state index in [1.165, 1.54) is 0 Å². The van der Waals surface area contributed by atoms with Crippen molar-refractivity contribution in [3.63, 3.8) is 0 Å². The standard InChI is InChI=1S/C12H9ClFN3O2/c13-9-5-11(12(17(18)19)6-10(9)14)16-8-3-1-2-7(15)4-8/h1-6,16H,15H2. The molecule has 0 heterocycles. The molecule has 0 aliphatic heterocycles. The van der Waals surface area contributed by atoms with Crippen LogP contribution in [0.3, 0.4) is 0 Å². The van der Waals surface area contributed by atoms with Crippen molar-refractivity contribution < 1.29 is 9.31 Å². The number of anilines is 3. The molecule has 7 heteroatoms. The molecule has 0 aromatic heterocycles. The second-order valence-corrected chi connectivity index (χ2v) is 4.20. The van der Waals surface area contributed by atoms with E-state index in [4.69, 9.17) is 17.3 Å². The molecule has 0 radical (unpaired) electrons. The van der Waals surface area contributed by atoms with Crippen LogP contribution in [0.15, 0.2) is 36.4 Å². The van der Waals surface area contributed by atoms with Crippen molar-refractivity contribution >= 4 is 34.4 Å². The maximum atomic E-state index is 13.2. The van der Waals surface area contributed by atoms with Crippen LogP contribution >= 0.6 is 11.6 Å². The number of nitrogens with zero attached hydrogens (tertiary/aromatic N) is 1. The highest BCUT2D eigenvalue weighted by Gasteiger charge is 2.18. The number of halogens is 2. The van der Waals surface area contributed by atoms with E-state index >= 15 is 0 Å². The van der Waals surface area contributed by atoms with Gasteiger partial charge in [-0.25, -0.2) is 4.39 Å². The first-order valence-corrected chi connectivity index (χ1v) is 5.61. The fourth-order valence-electron chi connectivity index (χ4n) is 1.56. The summed E-state index contributed by atoms with van der Waals surface area (Å²) in [5.41, 5.74) is 6.35. The van der Waals surface area contributed by atoms with Crippen molar-refractivity contribution in [2.75, 3.05) is 11.1 Å². The average Bonchev–Trinajstić information content (AvgIpc) is 2.33. The number of benzene rings is 2. The molecule has 19 heavy (non-hydrogen) atoms. The van der Waals surface area contributed by atoms with Crippen LogP contribution in [0.25, 0.3) is 0 Å². The maximum absolute atomic E-state index is 13.2. The van der Waals surface area contributed by atoms with Gasteiger partial charge in [0.05, 0.1) is 16.0 Å². The van der Waals surface area contributed by atoms with Crippen LogP contribution in [-0.2, 0) is 0 Å². The Morgan fingerprint density at radius 2 is 2.05 bits per heavy atom. The Hall–Kier alpha value is -2.34. The van der Waals surface area contributed by atoms with Crippen molar-refractivity contribution in [3.05, 3.63) is 57.4 Å². The molecule has 0 saturated carbocycles. The smallest absolute Gasteiger partial charge is 0.295 e. The van der Waals surface area contributed by atoms with E-state index in [1.54, 1.807) is 24.3 Å². The lowest BCUT2D eigenvalue weighted by molar-refractivity contribution is -0.384. The first-order valence-electron chi connectivity index (χ1n) is 5.23. The average molecular weight is 282 g/mol. The Kier molecular flexibility index (Phi) is 3.52. The molecule has 0 atom stereocenters. The van der Waals surface area contributed by atoms with Crippen molar-refractivity contribution in [1.82, 2.24) is 0 Å². The monoisotopic (exact) mass is 281 g/mol. The van der Waals surface area contributed by atoms with Gasteiger partial charge in [0.2, 0.25) is 0 Å². The van der Waals surface area contributed by atoms with Crippen LogP contribution < -0.4 is 11.1 Å². The van der Waals surface area contributed by atoms with Crippen LogP contribution in [0, 0.1) is 15.9 Å². The summed E-state index contributed by atoms with van der Waals surface area (Å²) in [7, 11) is 0. The molecule has 0 spiro atoms. The van der Waals surface area contributed by atoms with Gasteiger partial charge in [-0.15, -0.1) is 0 Å². The fourth-order valence-corrected chi connectivity index (χ4v) is 1.72. The molecule has 2 rings (SSSR count). The SMILES string of the molecule is Nc1cccc(Nc2cc(Cl)c(F)cc2[N+](=O)[O-])c1. The first-order chi connectivity index (χ1) is 8.97. The Bertz CT molecular complexity index is 649. The summed E-state index contributed by atoms with van der Waals surface area (Å²) in [5.74, 6) is -0.841. The largest absolute Gasteiger partial charge is 0.399 e. The molecule has 0 bridgehead atoms. The normalized spacial score (nSPS) is 10.2. The molecule has 2 aromatic rings. The third kappa shape index (κ3) is 2.92. The number of rotatable bonds is 3. The molecule has 2 aromatic carbocycles. The van der Waals surface area contributed by atoms with E-state index in [0.29, 0.717) is 11.4 Å². The molecule has 0 fully saturated rings. The molecule has 3 N–H and O–H groups in total. The van der Waals surface area contributed by atoms with Gasteiger partial charge in [-0.3, -0.25) is 10.1 Å². The van der Waals surface area contributed by atoms with Gasteiger partial charge < -0.3 is 11.1 Å². The zero-order valence-electron chi connectivity index (χ0n) is 9.56. The van der Waals surface area contributed by atoms with Crippen molar-refractivity contribution in [2.24, 2.45) is 0 Å². The second kappa shape index (κ2) is 5.11. The van der Waals surface area contributed by atoms with E-state index in [-0.39, 0.29) is 10.7 Å². The van der Waals surface area contributed by atoms with Crippen LogP contribution in [-0.4, -0.2) is 4.92 Å². The minimum Gasteiger partial charge on any atom is -0.399 e. The molecule has 0 unspecified atom stereocenters. The van der Waals surface area contributed by atoms with Crippen molar-refractivity contribution in [2.45, 2.75) is 0 Å². The number of hydrogen-bond acceptors (Lipinski definition) is 4. The molecular weight excluding hydrogens is 273 g/mol. The highest BCUT2D eigenvalue weighted by Crippen LogP contribution is 2.32. The third-order valence-electron chi connectivity index (χ3n) is 2.40. The quantitative estimate of drug-likeness (QED) is 0.510. The molecule has 0 aliphatic rings. The predicted molar refractivity (Wildman–Crippen MR) is 72.2 cm³/mol. The number of nitrogens with one attached hydrogen (secondary N) is 1. The molecule has 0 amide bonds. The summed E-state index contributed by atoms with van der Waals surface area (Å²) in [5, 5.41) is 13.5. The lowest BCUT2D eigenvalue weighted by Gasteiger charge is -2.08. The van der Waals surface area contributed by atoms with Gasteiger partial charge >= 0.3 is 0 Å². The highest BCUT2D eigenvalue weighted by atomic mass is 35.5. The van der Waals surface area contributed by atoms with E-state index in [9.17, 15) is 14.5 Å². The summed E-state index contributed by atoms with van der Waals surface area (Å²) < 4.78 is 13.2. The summed E-state index contributed by atoms with van der Waals surface area (Å²) >= 11 is 5.63. The van der Waals surface area contributed by atoms with Gasteiger partial charge in [0.1, 0.15) is 11.5 Å². The van der Waals surface area contributed by atoms with Gasteiger partial charge in [-0.2, -0.15) is 0 Å². The van der Waals surface area contributed by atoms with Gasteiger partial charge in [-0.05, 0) is 24.3 Å². The summed E-state index contributed by atoms with van der Waals surface area (Å²) in [6, 6.07) is 8.58. The minimum absolute atomic E-state index is 0.0991. The highest BCUT2D eigenvalue weighted by molar-refractivity contribution is 6.31. The van der Waals surface area contributed by atoms with Gasteiger partial charge in [-0.1, -0.05) is 17.7 Å². The fraction of sp³-hybridized carbons (Fsp3) is 0. The number of nitro benzene ring substituents is 1. The van der Waals surface area contributed by atoms with E-state index < -0.39 is 16.4 Å². The lowest BCUT2D eigenvalue weighted by Crippen LogP contribution is -1.99. The van der Waals surface area contributed by atoms with Crippen LogP contribution in [0.4, 0.5) is 27.1 Å². The molecule has 0 aliphatic carbocycles. The summed E-state index contributed by atoms with van der Waals surface area (Å²) in [4.78, 5) is 10.2. The maximum Gasteiger partial charge on any atom is 0.295 e. The Labute approximate surface area is 113 Å². The Morgan fingerprint density at radius 1 is 1.32 bits per heavy atom. The predicted octanol–water partition coefficient (Wildman–Crippen LogP) is 3.71. The molecule has 98 valence electrons. The van der Waals surface area contributed by atoms with Crippen molar-refractivity contribution in [3.8, 4) is 0 Å².